The van der Waals surface area contributed by atoms with Crippen molar-refractivity contribution in [2.75, 3.05) is 48.2 Å². The van der Waals surface area contributed by atoms with Crippen LogP contribution < -0.4 is 24.8 Å². The molecule has 55 heavy (non-hydrogen) atoms. The van der Waals surface area contributed by atoms with E-state index in [4.69, 9.17) is 9.47 Å². The number of aliphatic hydroxyl groups is 1. The topological polar surface area (TPSA) is 125 Å². The smallest absolute Gasteiger partial charge is 0.264 e. The normalized spacial score (nSPS) is 24.8. The lowest BCUT2D eigenvalue weighted by atomic mass is 9.82. The number of fused-ring (bicyclic) bond motifs is 2. The van der Waals surface area contributed by atoms with E-state index in [1.165, 1.54) is 0 Å². The zero-order valence-corrected chi connectivity index (χ0v) is 33.0. The van der Waals surface area contributed by atoms with Gasteiger partial charge in [-0.05, 0) is 93.5 Å². The third kappa shape index (κ3) is 6.32. The Labute approximate surface area is 322 Å². The summed E-state index contributed by atoms with van der Waals surface area (Å²) >= 11 is 0. The van der Waals surface area contributed by atoms with Crippen molar-refractivity contribution < 1.29 is 28.3 Å². The molecule has 14 heteroatoms. The van der Waals surface area contributed by atoms with Crippen molar-refractivity contribution in [2.24, 2.45) is 5.92 Å². The standard InChI is InChI=1S/C41H50FN7O5Si/c1-28-37(55(3,4)42)36(15-21-46-26-30(16-22-50)44-45-46)54-41(28)34-24-33(53-2)13-14-35(34)47(39(41)52)25-29-9-8-12-32(23-29)48-27-49(31-10-6-5-7-11-31)40(38(48)51)17-19-43-20-18-40/h5-14,23-24,26,28,36-37,43,50H,15-22,25,27H2,1-4H3/t28-,36+,37-,41+/m0/s1. The predicted octanol–water partition coefficient (Wildman–Crippen LogP) is 5.17. The van der Waals surface area contributed by atoms with Crippen molar-refractivity contribution in [2.45, 2.75) is 81.6 Å². The van der Waals surface area contributed by atoms with Crippen molar-refractivity contribution in [3.05, 3.63) is 95.8 Å². The van der Waals surface area contributed by atoms with E-state index < -0.39 is 37.1 Å². The van der Waals surface area contributed by atoms with Gasteiger partial charge in [-0.2, -0.15) is 0 Å². The Kier molecular flexibility index (Phi) is 9.81. The molecule has 3 fully saturated rings. The Hall–Kier alpha value is -4.63. The molecule has 290 valence electrons. The number of carbonyl (C=O) groups is 2. The fourth-order valence-corrected chi connectivity index (χ4v) is 12.2. The summed E-state index contributed by atoms with van der Waals surface area (Å²) in [6.45, 7) is 7.94. The first-order valence-electron chi connectivity index (χ1n) is 19.3. The van der Waals surface area contributed by atoms with E-state index in [2.05, 4.69) is 32.7 Å². The molecule has 5 heterocycles. The highest BCUT2D eigenvalue weighted by atomic mass is 28.4. The molecule has 4 aromatic rings. The van der Waals surface area contributed by atoms with Gasteiger partial charge in [-0.1, -0.05) is 42.5 Å². The molecule has 8 rings (SSSR count). The molecule has 4 aliphatic rings. The van der Waals surface area contributed by atoms with Crippen LogP contribution in [0.15, 0.2) is 79.0 Å². The van der Waals surface area contributed by atoms with Crippen LogP contribution >= 0.6 is 0 Å². The summed E-state index contributed by atoms with van der Waals surface area (Å²) < 4.78 is 30.8. The summed E-state index contributed by atoms with van der Waals surface area (Å²) in [6, 6.07) is 23.6. The molecule has 0 aliphatic carbocycles. The summed E-state index contributed by atoms with van der Waals surface area (Å²) in [5, 5.41) is 21.1. The minimum atomic E-state index is -3.39. The van der Waals surface area contributed by atoms with Crippen LogP contribution in [0, 0.1) is 5.92 Å². The molecule has 0 saturated carbocycles. The summed E-state index contributed by atoms with van der Waals surface area (Å²) in [5.74, 6) is -0.0235. The first-order valence-corrected chi connectivity index (χ1v) is 22.3. The molecule has 12 nitrogen and oxygen atoms in total. The maximum atomic E-state index is 16.5. The molecule has 1 aromatic heterocycles. The van der Waals surface area contributed by atoms with Gasteiger partial charge in [-0.15, -0.1) is 5.10 Å². The largest absolute Gasteiger partial charge is 0.497 e. The van der Waals surface area contributed by atoms with E-state index in [1.807, 2.05) is 72.5 Å². The number of aliphatic hydroxyl groups excluding tert-OH is 1. The van der Waals surface area contributed by atoms with Crippen molar-refractivity contribution in [1.82, 2.24) is 20.3 Å². The Balaban J connectivity index is 1.10. The van der Waals surface area contributed by atoms with Crippen molar-refractivity contribution >= 4 is 37.3 Å². The molecule has 0 unspecified atom stereocenters. The second-order valence-corrected chi connectivity index (χ2v) is 19.7. The van der Waals surface area contributed by atoms with Crippen molar-refractivity contribution in [3.8, 4) is 5.75 Å². The highest BCUT2D eigenvalue weighted by Gasteiger charge is 2.66. The van der Waals surface area contributed by atoms with Crippen molar-refractivity contribution in [1.29, 1.82) is 0 Å². The highest BCUT2D eigenvalue weighted by Crippen LogP contribution is 2.61. The van der Waals surface area contributed by atoms with Gasteiger partial charge in [0.25, 0.3) is 11.8 Å². The Morgan fingerprint density at radius 3 is 2.51 bits per heavy atom. The quantitative estimate of drug-likeness (QED) is 0.157. The molecule has 2 spiro atoms. The van der Waals surface area contributed by atoms with E-state index in [1.54, 1.807) is 36.0 Å². The van der Waals surface area contributed by atoms with Crippen LogP contribution in [0.25, 0.3) is 0 Å². The molecule has 4 atom stereocenters. The van der Waals surface area contributed by atoms with Crippen LogP contribution in [-0.2, 0) is 39.4 Å². The number of rotatable bonds is 11. The number of nitrogens with zero attached hydrogens (tertiary/aromatic N) is 6. The fraction of sp³-hybridized carbons (Fsp3) is 0.463. The maximum Gasteiger partial charge on any atom is 0.264 e. The maximum absolute atomic E-state index is 16.5. The minimum Gasteiger partial charge on any atom is -0.497 e. The number of carbonyl (C=O) groups excluding carboxylic acids is 2. The lowest BCUT2D eigenvalue weighted by Crippen LogP contribution is -2.55. The molecular weight excluding hydrogens is 718 g/mol. The van der Waals surface area contributed by atoms with Crippen molar-refractivity contribution in [3.63, 3.8) is 0 Å². The van der Waals surface area contributed by atoms with Gasteiger partial charge in [0.15, 0.2) is 5.60 Å². The number of anilines is 3. The number of methoxy groups -OCH3 is 1. The Morgan fingerprint density at radius 2 is 1.78 bits per heavy atom. The van der Waals surface area contributed by atoms with Crippen LogP contribution in [0.4, 0.5) is 21.2 Å². The molecule has 3 saturated heterocycles. The number of piperidine rings is 1. The van der Waals surface area contributed by atoms with Crippen LogP contribution in [0.3, 0.4) is 0 Å². The number of nitrogens with one attached hydrogen (secondary N) is 1. The van der Waals surface area contributed by atoms with Crippen LogP contribution in [0.2, 0.25) is 18.6 Å². The number of benzene rings is 3. The summed E-state index contributed by atoms with van der Waals surface area (Å²) in [5.41, 5.74) is 2.19. The number of amides is 2. The zero-order valence-electron chi connectivity index (χ0n) is 32.0. The first kappa shape index (κ1) is 37.3. The van der Waals surface area contributed by atoms with Crippen LogP contribution in [0.5, 0.6) is 5.75 Å². The van der Waals surface area contributed by atoms with Crippen LogP contribution in [0.1, 0.15) is 43.0 Å². The van der Waals surface area contributed by atoms with E-state index in [9.17, 15) is 9.90 Å². The molecule has 0 bridgehead atoms. The average Bonchev–Trinajstić information content (AvgIpc) is 3.90. The molecule has 3 aromatic carbocycles. The summed E-state index contributed by atoms with van der Waals surface area (Å²) in [7, 11) is -1.80. The molecular formula is C41H50FN7O5Si. The first-order chi connectivity index (χ1) is 26.5. The lowest BCUT2D eigenvalue weighted by Gasteiger charge is -2.39. The van der Waals surface area contributed by atoms with Gasteiger partial charge in [0.2, 0.25) is 8.41 Å². The number of aryl methyl sites for hydroxylation is 1. The van der Waals surface area contributed by atoms with Gasteiger partial charge in [0.05, 0.1) is 37.8 Å². The lowest BCUT2D eigenvalue weighted by molar-refractivity contribution is -0.146. The van der Waals surface area contributed by atoms with Gasteiger partial charge in [-0.3, -0.25) is 19.2 Å². The third-order valence-electron chi connectivity index (χ3n) is 12.3. The van der Waals surface area contributed by atoms with Gasteiger partial charge in [0.1, 0.15) is 11.3 Å². The summed E-state index contributed by atoms with van der Waals surface area (Å²) in [6.07, 6.45) is 3.50. The molecule has 4 aliphatic heterocycles. The third-order valence-corrected chi connectivity index (χ3v) is 14.7. The molecule has 2 amide bonds. The number of hydrogen-bond donors (Lipinski definition) is 2. The number of hydrogen-bond acceptors (Lipinski definition) is 9. The zero-order chi connectivity index (χ0) is 38.5. The fourth-order valence-electron chi connectivity index (χ4n) is 9.69. The SMILES string of the molecule is COc1ccc2c(c1)[C@@]1(O[C@H](CCn3cc(CCO)nn3)[C@@H]([Si](C)(C)F)[C@@H]1C)C(=O)N2Cc1cccc(N2CN(c3ccccc3)C3(CCNCC3)C2=O)c1. The monoisotopic (exact) mass is 767 g/mol. The number of aromatic nitrogens is 3. The number of ether oxygens (including phenoxy) is 2. The second kappa shape index (κ2) is 14.5. The number of halogens is 1. The average molecular weight is 768 g/mol. The molecule has 0 radical (unpaired) electrons. The van der Waals surface area contributed by atoms with Gasteiger partial charge < -0.3 is 33.8 Å². The second-order valence-electron chi connectivity index (χ2n) is 15.9. The van der Waals surface area contributed by atoms with E-state index in [-0.39, 0.29) is 25.0 Å². The summed E-state index contributed by atoms with van der Waals surface area (Å²) in [4.78, 5) is 35.4. The van der Waals surface area contributed by atoms with Gasteiger partial charge in [0, 0.05) is 54.2 Å². The van der Waals surface area contributed by atoms with E-state index in [0.29, 0.717) is 61.6 Å². The predicted molar refractivity (Wildman–Crippen MR) is 210 cm³/mol. The van der Waals surface area contributed by atoms with Gasteiger partial charge in [-0.25, -0.2) is 0 Å². The number of para-hydroxylation sites is 1. The molecule has 2 N–H and O–H groups in total. The van der Waals surface area contributed by atoms with E-state index >= 15 is 8.90 Å². The minimum absolute atomic E-state index is 0.0260. The van der Waals surface area contributed by atoms with Gasteiger partial charge >= 0.3 is 0 Å². The highest BCUT2D eigenvalue weighted by molar-refractivity contribution is 6.72. The Morgan fingerprint density at radius 1 is 1.02 bits per heavy atom. The van der Waals surface area contributed by atoms with E-state index in [0.717, 1.165) is 30.0 Å². The Bertz CT molecular complexity index is 2050. The van der Waals surface area contributed by atoms with Crippen LogP contribution in [-0.4, -0.2) is 85.4 Å².